The molecule has 2 fully saturated rings. The monoisotopic (exact) mass is 346 g/mol. The maximum Gasteiger partial charge on any atom is 0.291 e. The zero-order valence-electron chi connectivity index (χ0n) is 13.1. The van der Waals surface area contributed by atoms with Crippen molar-refractivity contribution in [2.24, 2.45) is 0 Å². The van der Waals surface area contributed by atoms with Gasteiger partial charge in [0.2, 0.25) is 5.82 Å². The Labute approximate surface area is 140 Å². The highest BCUT2D eigenvalue weighted by atomic mass is 32.2. The number of carbonyl (C=O) groups is 1. The minimum atomic E-state index is -3.03. The summed E-state index contributed by atoms with van der Waals surface area (Å²) < 4.78 is 24.7. The summed E-state index contributed by atoms with van der Waals surface area (Å²) in [4.78, 5) is 16.8. The lowest BCUT2D eigenvalue weighted by atomic mass is 10.2. The number of benzene rings is 1. The molecule has 1 saturated carbocycles. The zero-order chi connectivity index (χ0) is 16.7. The molecule has 126 valence electrons. The SMILES string of the molecule is O=C(N[C@@H]1CCS(=O)(=O)C1)c1nc(C2CC2)n(-c2ccccc2)n1. The molecule has 0 unspecified atom stereocenters. The highest BCUT2D eigenvalue weighted by molar-refractivity contribution is 7.91. The Hall–Kier alpha value is -2.22. The van der Waals surface area contributed by atoms with Gasteiger partial charge in [-0.05, 0) is 31.4 Å². The molecular formula is C16H18N4O3S. The molecule has 1 aliphatic heterocycles. The smallest absolute Gasteiger partial charge is 0.291 e. The van der Waals surface area contributed by atoms with Crippen LogP contribution < -0.4 is 5.32 Å². The van der Waals surface area contributed by atoms with Crippen molar-refractivity contribution in [1.29, 1.82) is 0 Å². The summed E-state index contributed by atoms with van der Waals surface area (Å²) >= 11 is 0. The summed E-state index contributed by atoms with van der Waals surface area (Å²) in [7, 11) is -3.03. The van der Waals surface area contributed by atoms with Gasteiger partial charge in [0.15, 0.2) is 9.84 Å². The van der Waals surface area contributed by atoms with Crippen molar-refractivity contribution in [3.05, 3.63) is 42.0 Å². The van der Waals surface area contributed by atoms with E-state index >= 15 is 0 Å². The van der Waals surface area contributed by atoms with Crippen LogP contribution in [-0.2, 0) is 9.84 Å². The van der Waals surface area contributed by atoms with E-state index < -0.39 is 15.7 Å². The third-order valence-electron chi connectivity index (χ3n) is 4.35. The largest absolute Gasteiger partial charge is 0.345 e. The van der Waals surface area contributed by atoms with Gasteiger partial charge in [0.1, 0.15) is 5.82 Å². The van der Waals surface area contributed by atoms with Crippen molar-refractivity contribution in [2.75, 3.05) is 11.5 Å². The van der Waals surface area contributed by atoms with Crippen LogP contribution in [0.15, 0.2) is 30.3 Å². The molecule has 0 bridgehead atoms. The van der Waals surface area contributed by atoms with Gasteiger partial charge in [-0.25, -0.2) is 18.1 Å². The number of hydrogen-bond acceptors (Lipinski definition) is 5. The van der Waals surface area contributed by atoms with Crippen LogP contribution in [-0.4, -0.2) is 46.6 Å². The van der Waals surface area contributed by atoms with E-state index in [0.29, 0.717) is 12.3 Å². The molecule has 2 aromatic rings. The van der Waals surface area contributed by atoms with E-state index in [1.807, 2.05) is 30.3 Å². The zero-order valence-corrected chi connectivity index (χ0v) is 13.9. The molecule has 2 heterocycles. The maximum absolute atomic E-state index is 12.4. The third-order valence-corrected chi connectivity index (χ3v) is 6.11. The van der Waals surface area contributed by atoms with E-state index in [1.54, 1.807) is 4.68 Å². The molecule has 7 nitrogen and oxygen atoms in total. The average Bonchev–Trinajstić information content (AvgIpc) is 3.21. The predicted octanol–water partition coefficient (Wildman–Crippen LogP) is 1.06. The molecule has 4 rings (SSSR count). The fourth-order valence-corrected chi connectivity index (χ4v) is 4.62. The van der Waals surface area contributed by atoms with Gasteiger partial charge < -0.3 is 5.32 Å². The van der Waals surface area contributed by atoms with Crippen molar-refractivity contribution in [2.45, 2.75) is 31.2 Å². The highest BCUT2D eigenvalue weighted by Crippen LogP contribution is 2.39. The number of aromatic nitrogens is 3. The quantitative estimate of drug-likeness (QED) is 0.893. The second-order valence-corrected chi connectivity index (χ2v) is 8.62. The molecule has 1 N–H and O–H groups in total. The summed E-state index contributed by atoms with van der Waals surface area (Å²) in [5.41, 5.74) is 0.870. The first kappa shape index (κ1) is 15.3. The number of nitrogens with one attached hydrogen (secondary N) is 1. The fraction of sp³-hybridized carbons (Fsp3) is 0.438. The Balaban J connectivity index is 1.58. The Bertz CT molecular complexity index is 872. The minimum Gasteiger partial charge on any atom is -0.345 e. The van der Waals surface area contributed by atoms with Gasteiger partial charge >= 0.3 is 0 Å². The Morgan fingerprint density at radius 3 is 2.54 bits per heavy atom. The van der Waals surface area contributed by atoms with Crippen molar-refractivity contribution < 1.29 is 13.2 Å². The van der Waals surface area contributed by atoms with E-state index in [4.69, 9.17) is 0 Å². The van der Waals surface area contributed by atoms with Crippen molar-refractivity contribution >= 4 is 15.7 Å². The molecule has 8 heteroatoms. The molecule has 1 aromatic heterocycles. The van der Waals surface area contributed by atoms with Crippen LogP contribution in [0.5, 0.6) is 0 Å². The summed E-state index contributed by atoms with van der Waals surface area (Å²) in [6.45, 7) is 0. The van der Waals surface area contributed by atoms with Crippen molar-refractivity contribution in [1.82, 2.24) is 20.1 Å². The molecule has 2 aliphatic rings. The molecule has 1 aromatic carbocycles. The normalized spacial score (nSPS) is 22.4. The molecule has 1 aliphatic carbocycles. The molecule has 1 amide bonds. The Kier molecular flexibility index (Phi) is 3.64. The van der Waals surface area contributed by atoms with E-state index in [0.717, 1.165) is 24.4 Å². The van der Waals surface area contributed by atoms with Crippen LogP contribution in [0.25, 0.3) is 5.69 Å². The number of sulfone groups is 1. The molecule has 24 heavy (non-hydrogen) atoms. The second kappa shape index (κ2) is 5.70. The summed E-state index contributed by atoms with van der Waals surface area (Å²) in [5.74, 6) is 0.945. The number of nitrogens with zero attached hydrogens (tertiary/aromatic N) is 3. The van der Waals surface area contributed by atoms with Crippen LogP contribution in [0, 0.1) is 0 Å². The third kappa shape index (κ3) is 3.06. The lowest BCUT2D eigenvalue weighted by Gasteiger charge is -2.08. The van der Waals surface area contributed by atoms with E-state index in [9.17, 15) is 13.2 Å². The Morgan fingerprint density at radius 2 is 1.92 bits per heavy atom. The Morgan fingerprint density at radius 1 is 1.17 bits per heavy atom. The average molecular weight is 346 g/mol. The minimum absolute atomic E-state index is 0.00633. The van der Waals surface area contributed by atoms with Gasteiger partial charge in [-0.2, -0.15) is 0 Å². The molecule has 0 spiro atoms. The van der Waals surface area contributed by atoms with E-state index in [2.05, 4.69) is 15.4 Å². The lowest BCUT2D eigenvalue weighted by Crippen LogP contribution is -2.36. The van der Waals surface area contributed by atoms with E-state index in [1.165, 1.54) is 0 Å². The van der Waals surface area contributed by atoms with Crippen LogP contribution in [0.3, 0.4) is 0 Å². The standard InChI is InChI=1S/C16H18N4O3S/c21-16(17-12-8-9-24(22,23)10-12)14-18-15(11-6-7-11)20(19-14)13-4-2-1-3-5-13/h1-5,11-12H,6-10H2,(H,17,21)/t12-/m1/s1. The predicted molar refractivity (Wildman–Crippen MR) is 87.9 cm³/mol. The second-order valence-electron chi connectivity index (χ2n) is 6.39. The van der Waals surface area contributed by atoms with Crippen molar-refractivity contribution in [3.63, 3.8) is 0 Å². The van der Waals surface area contributed by atoms with Crippen molar-refractivity contribution in [3.8, 4) is 5.69 Å². The van der Waals surface area contributed by atoms with Crippen LogP contribution in [0.1, 0.15) is 41.6 Å². The van der Waals surface area contributed by atoms with E-state index in [-0.39, 0.29) is 23.4 Å². The van der Waals surface area contributed by atoms with Gasteiger partial charge in [0.25, 0.3) is 5.91 Å². The first-order chi connectivity index (χ1) is 11.5. The van der Waals surface area contributed by atoms with Gasteiger partial charge in [0.05, 0.1) is 17.2 Å². The molecular weight excluding hydrogens is 328 g/mol. The number of rotatable bonds is 4. The number of hydrogen-bond donors (Lipinski definition) is 1. The summed E-state index contributed by atoms with van der Waals surface area (Å²) in [5, 5.41) is 7.11. The maximum atomic E-state index is 12.4. The molecule has 0 radical (unpaired) electrons. The first-order valence-corrected chi connectivity index (χ1v) is 9.88. The number of carbonyl (C=O) groups excluding carboxylic acids is 1. The summed E-state index contributed by atoms with van der Waals surface area (Å²) in [6, 6.07) is 9.24. The van der Waals surface area contributed by atoms with Crippen LogP contribution in [0.2, 0.25) is 0 Å². The summed E-state index contributed by atoms with van der Waals surface area (Å²) in [6.07, 6.45) is 2.55. The highest BCUT2D eigenvalue weighted by Gasteiger charge is 2.33. The van der Waals surface area contributed by atoms with Gasteiger partial charge in [-0.15, -0.1) is 5.10 Å². The van der Waals surface area contributed by atoms with Crippen LogP contribution >= 0.6 is 0 Å². The topological polar surface area (TPSA) is 94.0 Å². The first-order valence-electron chi connectivity index (χ1n) is 8.05. The van der Waals surface area contributed by atoms with Gasteiger partial charge in [-0.3, -0.25) is 4.79 Å². The van der Waals surface area contributed by atoms with Crippen LogP contribution in [0.4, 0.5) is 0 Å². The number of para-hydroxylation sites is 1. The fourth-order valence-electron chi connectivity index (χ4n) is 2.94. The van der Waals surface area contributed by atoms with Gasteiger partial charge in [0, 0.05) is 12.0 Å². The van der Waals surface area contributed by atoms with Gasteiger partial charge in [-0.1, -0.05) is 18.2 Å². The molecule has 1 saturated heterocycles. The molecule has 1 atom stereocenters. The number of amides is 1. The lowest BCUT2D eigenvalue weighted by molar-refractivity contribution is 0.0930.